The summed E-state index contributed by atoms with van der Waals surface area (Å²) in [5, 5.41) is 4.25. The van der Waals surface area contributed by atoms with E-state index in [-0.39, 0.29) is 5.91 Å². The van der Waals surface area contributed by atoms with Crippen molar-refractivity contribution < 1.29 is 4.79 Å². The Hall–Kier alpha value is -1.95. The maximum atomic E-state index is 13.0. The highest BCUT2D eigenvalue weighted by atomic mass is 16.2. The molecule has 24 heavy (non-hydrogen) atoms. The molecule has 0 bridgehead atoms. The SMILES string of the molecule is C[C@@H]1CC[C@@H](C)N1[C@@H]1CCCN(C(=O)c2cnn3cccnc23)C1. The molecular formula is C18H25N5O. The van der Waals surface area contributed by atoms with Crippen molar-refractivity contribution in [1.82, 2.24) is 24.4 Å². The minimum Gasteiger partial charge on any atom is -0.337 e. The molecule has 0 N–H and O–H groups in total. The van der Waals surface area contributed by atoms with E-state index in [0.717, 1.165) is 19.5 Å². The van der Waals surface area contributed by atoms with Gasteiger partial charge in [-0.3, -0.25) is 9.69 Å². The maximum absolute atomic E-state index is 13.0. The van der Waals surface area contributed by atoms with E-state index in [2.05, 4.69) is 28.8 Å². The molecule has 2 aliphatic heterocycles. The first-order valence-electron chi connectivity index (χ1n) is 9.00. The average Bonchev–Trinajstić information content (AvgIpc) is 3.18. The molecule has 2 aromatic rings. The summed E-state index contributed by atoms with van der Waals surface area (Å²) in [4.78, 5) is 22.0. The molecule has 2 fully saturated rings. The van der Waals surface area contributed by atoms with Gasteiger partial charge in [0.2, 0.25) is 0 Å². The fraction of sp³-hybridized carbons (Fsp3) is 0.611. The van der Waals surface area contributed by atoms with Crippen LogP contribution >= 0.6 is 0 Å². The van der Waals surface area contributed by atoms with Crippen LogP contribution in [0.25, 0.3) is 5.65 Å². The number of aromatic nitrogens is 3. The van der Waals surface area contributed by atoms with E-state index in [1.165, 1.54) is 19.3 Å². The Morgan fingerprint density at radius 3 is 2.79 bits per heavy atom. The first-order valence-corrected chi connectivity index (χ1v) is 9.00. The minimum atomic E-state index is 0.0629. The zero-order chi connectivity index (χ0) is 16.7. The van der Waals surface area contributed by atoms with Crippen molar-refractivity contribution in [2.45, 2.75) is 57.7 Å². The summed E-state index contributed by atoms with van der Waals surface area (Å²) in [6, 6.07) is 3.55. The smallest absolute Gasteiger partial charge is 0.259 e. The van der Waals surface area contributed by atoms with Crippen molar-refractivity contribution in [3.8, 4) is 0 Å². The predicted octanol–water partition coefficient (Wildman–Crippen LogP) is 2.21. The molecule has 3 atom stereocenters. The minimum absolute atomic E-state index is 0.0629. The van der Waals surface area contributed by atoms with Crippen molar-refractivity contribution in [2.75, 3.05) is 13.1 Å². The number of hydrogen-bond acceptors (Lipinski definition) is 4. The fourth-order valence-electron chi connectivity index (χ4n) is 4.47. The lowest BCUT2D eigenvalue weighted by atomic mass is 10.0. The van der Waals surface area contributed by atoms with Gasteiger partial charge in [0, 0.05) is 43.6 Å². The number of carbonyl (C=O) groups excluding carboxylic acids is 1. The predicted molar refractivity (Wildman–Crippen MR) is 91.9 cm³/mol. The highest BCUT2D eigenvalue weighted by Gasteiger charge is 2.36. The largest absolute Gasteiger partial charge is 0.337 e. The van der Waals surface area contributed by atoms with Crippen LogP contribution in [0.5, 0.6) is 0 Å². The van der Waals surface area contributed by atoms with Gasteiger partial charge in [-0.1, -0.05) is 0 Å². The van der Waals surface area contributed by atoms with Gasteiger partial charge in [-0.25, -0.2) is 9.50 Å². The third kappa shape index (κ3) is 2.59. The Labute approximate surface area is 142 Å². The molecular weight excluding hydrogens is 302 g/mol. The van der Waals surface area contributed by atoms with Gasteiger partial charge in [-0.2, -0.15) is 5.10 Å². The molecule has 128 valence electrons. The Bertz CT molecular complexity index is 732. The molecule has 4 heterocycles. The second-order valence-corrected chi connectivity index (χ2v) is 7.22. The maximum Gasteiger partial charge on any atom is 0.259 e. The quantitative estimate of drug-likeness (QED) is 0.848. The van der Waals surface area contributed by atoms with Crippen LogP contribution in [0.15, 0.2) is 24.7 Å². The lowest BCUT2D eigenvalue weighted by Gasteiger charge is -2.41. The van der Waals surface area contributed by atoms with Gasteiger partial charge in [0.1, 0.15) is 5.56 Å². The number of piperidine rings is 1. The molecule has 0 spiro atoms. The van der Waals surface area contributed by atoms with Crippen LogP contribution in [0, 0.1) is 0 Å². The number of rotatable bonds is 2. The Balaban J connectivity index is 1.54. The van der Waals surface area contributed by atoms with Gasteiger partial charge < -0.3 is 4.90 Å². The van der Waals surface area contributed by atoms with Crippen LogP contribution in [0.2, 0.25) is 0 Å². The van der Waals surface area contributed by atoms with Crippen molar-refractivity contribution in [1.29, 1.82) is 0 Å². The summed E-state index contributed by atoms with van der Waals surface area (Å²) in [7, 11) is 0. The standard InChI is InChI=1S/C18H25N5O/c1-13-6-7-14(2)23(13)15-5-3-9-21(12-15)18(24)16-11-20-22-10-4-8-19-17(16)22/h4,8,10-11,13-15H,3,5-7,9,12H2,1-2H3/t13-,14-,15-/m1/s1. The van der Waals surface area contributed by atoms with Crippen LogP contribution in [0.4, 0.5) is 0 Å². The summed E-state index contributed by atoms with van der Waals surface area (Å²) < 4.78 is 1.67. The van der Waals surface area contributed by atoms with Crippen LogP contribution in [-0.2, 0) is 0 Å². The third-order valence-corrected chi connectivity index (χ3v) is 5.64. The molecule has 0 aliphatic carbocycles. The molecule has 2 saturated heterocycles. The Morgan fingerprint density at radius 2 is 2.00 bits per heavy atom. The first kappa shape index (κ1) is 15.6. The van der Waals surface area contributed by atoms with Crippen LogP contribution in [0.3, 0.4) is 0 Å². The van der Waals surface area contributed by atoms with Crippen LogP contribution in [-0.4, -0.2) is 61.5 Å². The van der Waals surface area contributed by atoms with E-state index in [0.29, 0.717) is 29.3 Å². The van der Waals surface area contributed by atoms with E-state index >= 15 is 0 Å². The van der Waals surface area contributed by atoms with Gasteiger partial charge in [0.15, 0.2) is 5.65 Å². The number of amides is 1. The second kappa shape index (κ2) is 6.16. The number of hydrogen-bond donors (Lipinski definition) is 0. The lowest BCUT2D eigenvalue weighted by molar-refractivity contribution is 0.0488. The molecule has 2 aromatic heterocycles. The number of nitrogens with zero attached hydrogens (tertiary/aromatic N) is 5. The van der Waals surface area contributed by atoms with Crippen molar-refractivity contribution in [2.24, 2.45) is 0 Å². The Kier molecular flexibility index (Phi) is 4.00. The highest BCUT2D eigenvalue weighted by Crippen LogP contribution is 2.30. The number of fused-ring (bicyclic) bond motifs is 1. The molecule has 1 amide bonds. The Morgan fingerprint density at radius 1 is 1.21 bits per heavy atom. The second-order valence-electron chi connectivity index (χ2n) is 7.22. The third-order valence-electron chi connectivity index (χ3n) is 5.64. The van der Waals surface area contributed by atoms with E-state index in [1.54, 1.807) is 16.9 Å². The normalized spacial score (nSPS) is 28.6. The van der Waals surface area contributed by atoms with Gasteiger partial charge in [-0.15, -0.1) is 0 Å². The highest BCUT2D eigenvalue weighted by molar-refractivity contribution is 5.99. The lowest BCUT2D eigenvalue weighted by Crippen LogP contribution is -2.52. The van der Waals surface area contributed by atoms with Crippen molar-refractivity contribution in [3.63, 3.8) is 0 Å². The first-order chi connectivity index (χ1) is 11.6. The van der Waals surface area contributed by atoms with E-state index in [9.17, 15) is 4.79 Å². The molecule has 0 aromatic carbocycles. The molecule has 6 nitrogen and oxygen atoms in total. The van der Waals surface area contributed by atoms with Gasteiger partial charge in [0.25, 0.3) is 5.91 Å². The van der Waals surface area contributed by atoms with E-state index in [4.69, 9.17) is 0 Å². The van der Waals surface area contributed by atoms with Crippen molar-refractivity contribution in [3.05, 3.63) is 30.2 Å². The molecule has 0 unspecified atom stereocenters. The number of carbonyl (C=O) groups is 1. The number of likely N-dealkylation sites (tertiary alicyclic amines) is 2. The molecule has 2 aliphatic rings. The average molecular weight is 327 g/mol. The zero-order valence-corrected chi connectivity index (χ0v) is 14.4. The summed E-state index contributed by atoms with van der Waals surface area (Å²) in [5.74, 6) is 0.0629. The van der Waals surface area contributed by atoms with Crippen LogP contribution in [0.1, 0.15) is 49.9 Å². The summed E-state index contributed by atoms with van der Waals surface area (Å²) in [6.45, 7) is 6.28. The zero-order valence-electron chi connectivity index (χ0n) is 14.4. The van der Waals surface area contributed by atoms with Gasteiger partial charge >= 0.3 is 0 Å². The molecule has 4 rings (SSSR count). The van der Waals surface area contributed by atoms with Gasteiger partial charge in [-0.05, 0) is 45.6 Å². The molecule has 6 heteroatoms. The fourth-order valence-corrected chi connectivity index (χ4v) is 4.47. The molecule has 0 saturated carbocycles. The topological polar surface area (TPSA) is 53.7 Å². The van der Waals surface area contributed by atoms with E-state index in [1.807, 2.05) is 17.2 Å². The monoisotopic (exact) mass is 327 g/mol. The van der Waals surface area contributed by atoms with Gasteiger partial charge in [0.05, 0.1) is 6.20 Å². The molecule has 0 radical (unpaired) electrons. The summed E-state index contributed by atoms with van der Waals surface area (Å²) >= 11 is 0. The van der Waals surface area contributed by atoms with Crippen LogP contribution < -0.4 is 0 Å². The van der Waals surface area contributed by atoms with Crippen molar-refractivity contribution >= 4 is 11.6 Å². The van der Waals surface area contributed by atoms with E-state index < -0.39 is 0 Å². The summed E-state index contributed by atoms with van der Waals surface area (Å²) in [6.07, 6.45) is 9.97. The summed E-state index contributed by atoms with van der Waals surface area (Å²) in [5.41, 5.74) is 1.26.